The maximum atomic E-state index is 11.9. The van der Waals surface area contributed by atoms with Crippen LogP contribution in [-0.4, -0.2) is 9.78 Å². The lowest BCUT2D eigenvalue weighted by Crippen LogP contribution is -2.04. The Kier molecular flexibility index (Phi) is 2.23. The minimum atomic E-state index is -0.163. The molecule has 0 radical (unpaired) electrons. The number of aryl methyl sites for hydroxylation is 1. The second kappa shape index (κ2) is 3.77. The standard InChI is InChI=1S/C14H13N3O/c1-9-5-7-10(8-6-9)17-12-4-2-3-11(15)13(12)14(18)16-17/h2-8H,15H2,1H3,(H,16,18). The van der Waals surface area contributed by atoms with Gasteiger partial charge < -0.3 is 5.73 Å². The molecule has 4 nitrogen and oxygen atoms in total. The SMILES string of the molecule is Cc1ccc(-n2[nH]c(=O)c3c(N)cccc32)cc1. The van der Waals surface area contributed by atoms with Crippen LogP contribution in [0.25, 0.3) is 16.6 Å². The first-order valence-corrected chi connectivity index (χ1v) is 5.73. The van der Waals surface area contributed by atoms with E-state index in [1.54, 1.807) is 10.7 Å². The number of rotatable bonds is 1. The van der Waals surface area contributed by atoms with Crippen LogP contribution in [0, 0.1) is 6.92 Å². The Bertz CT molecular complexity index is 766. The molecule has 0 saturated heterocycles. The van der Waals surface area contributed by atoms with Gasteiger partial charge in [0, 0.05) is 5.69 Å². The molecule has 3 aromatic rings. The summed E-state index contributed by atoms with van der Waals surface area (Å²) in [7, 11) is 0. The molecule has 0 aliphatic rings. The van der Waals surface area contributed by atoms with Crippen molar-refractivity contribution in [3.8, 4) is 5.69 Å². The van der Waals surface area contributed by atoms with Crippen molar-refractivity contribution in [3.05, 3.63) is 58.4 Å². The highest BCUT2D eigenvalue weighted by Gasteiger charge is 2.09. The van der Waals surface area contributed by atoms with E-state index in [4.69, 9.17) is 5.73 Å². The van der Waals surface area contributed by atoms with Crippen LogP contribution in [0.2, 0.25) is 0 Å². The van der Waals surface area contributed by atoms with Crippen molar-refractivity contribution < 1.29 is 0 Å². The summed E-state index contributed by atoms with van der Waals surface area (Å²) in [6.45, 7) is 2.03. The van der Waals surface area contributed by atoms with Crippen LogP contribution in [0.1, 0.15) is 5.56 Å². The molecule has 0 aliphatic heterocycles. The number of hydrogen-bond acceptors (Lipinski definition) is 2. The van der Waals surface area contributed by atoms with Gasteiger partial charge in [0.2, 0.25) is 0 Å². The molecule has 0 aliphatic carbocycles. The Labute approximate surface area is 104 Å². The number of aromatic amines is 1. The summed E-state index contributed by atoms with van der Waals surface area (Å²) in [6.07, 6.45) is 0. The van der Waals surface area contributed by atoms with E-state index in [1.807, 2.05) is 43.3 Å². The number of nitrogens with zero attached hydrogens (tertiary/aromatic N) is 1. The van der Waals surface area contributed by atoms with Crippen molar-refractivity contribution in [1.29, 1.82) is 0 Å². The smallest absolute Gasteiger partial charge is 0.274 e. The number of fused-ring (bicyclic) bond motifs is 1. The van der Waals surface area contributed by atoms with Crippen molar-refractivity contribution in [3.63, 3.8) is 0 Å². The lowest BCUT2D eigenvalue weighted by molar-refractivity contribution is 0.890. The van der Waals surface area contributed by atoms with Gasteiger partial charge in [-0.15, -0.1) is 0 Å². The number of nitrogens with one attached hydrogen (secondary N) is 1. The zero-order valence-corrected chi connectivity index (χ0v) is 9.97. The Balaban J connectivity index is 2.34. The molecular formula is C14H13N3O. The molecule has 0 amide bonds. The van der Waals surface area contributed by atoms with Gasteiger partial charge in [-0.05, 0) is 31.2 Å². The Morgan fingerprint density at radius 2 is 1.83 bits per heavy atom. The van der Waals surface area contributed by atoms with Crippen LogP contribution >= 0.6 is 0 Å². The Morgan fingerprint density at radius 1 is 1.11 bits per heavy atom. The lowest BCUT2D eigenvalue weighted by atomic mass is 10.2. The summed E-state index contributed by atoms with van der Waals surface area (Å²) in [6, 6.07) is 13.4. The first-order valence-electron chi connectivity index (χ1n) is 5.73. The topological polar surface area (TPSA) is 63.8 Å². The molecule has 90 valence electrons. The fraction of sp³-hybridized carbons (Fsp3) is 0.0714. The average molecular weight is 239 g/mol. The van der Waals surface area contributed by atoms with Crippen LogP contribution in [-0.2, 0) is 0 Å². The van der Waals surface area contributed by atoms with E-state index >= 15 is 0 Å². The summed E-state index contributed by atoms with van der Waals surface area (Å²) in [5.41, 5.74) is 9.06. The number of benzene rings is 2. The number of nitrogens with two attached hydrogens (primary N) is 1. The molecule has 18 heavy (non-hydrogen) atoms. The molecular weight excluding hydrogens is 226 g/mol. The second-order valence-corrected chi connectivity index (χ2v) is 4.35. The zero-order valence-electron chi connectivity index (χ0n) is 9.97. The van der Waals surface area contributed by atoms with Crippen molar-refractivity contribution in [1.82, 2.24) is 9.78 Å². The third kappa shape index (κ3) is 1.50. The molecule has 1 aromatic heterocycles. The quantitative estimate of drug-likeness (QED) is 0.639. The monoisotopic (exact) mass is 239 g/mol. The minimum Gasteiger partial charge on any atom is -0.398 e. The largest absolute Gasteiger partial charge is 0.398 e. The third-order valence-corrected chi connectivity index (χ3v) is 3.05. The molecule has 0 unspecified atom stereocenters. The summed E-state index contributed by atoms with van der Waals surface area (Å²) in [5, 5.41) is 3.35. The van der Waals surface area contributed by atoms with Crippen molar-refractivity contribution >= 4 is 16.6 Å². The van der Waals surface area contributed by atoms with Crippen LogP contribution < -0.4 is 11.3 Å². The predicted molar refractivity (Wildman–Crippen MR) is 73.0 cm³/mol. The third-order valence-electron chi connectivity index (χ3n) is 3.05. The van der Waals surface area contributed by atoms with Gasteiger partial charge in [-0.1, -0.05) is 23.8 Å². The number of H-pyrrole nitrogens is 1. The lowest BCUT2D eigenvalue weighted by Gasteiger charge is -2.05. The summed E-state index contributed by atoms with van der Waals surface area (Å²) in [5.74, 6) is 0. The first kappa shape index (κ1) is 10.7. The number of aromatic nitrogens is 2. The van der Waals surface area contributed by atoms with Crippen LogP contribution in [0.3, 0.4) is 0 Å². The van der Waals surface area contributed by atoms with Crippen LogP contribution in [0.5, 0.6) is 0 Å². The minimum absolute atomic E-state index is 0.163. The number of nitrogen functional groups attached to an aromatic ring is 1. The van der Waals surface area contributed by atoms with E-state index in [1.165, 1.54) is 5.56 Å². The molecule has 0 atom stereocenters. The number of hydrogen-bond donors (Lipinski definition) is 2. The molecule has 2 aromatic carbocycles. The highest BCUT2D eigenvalue weighted by Crippen LogP contribution is 2.20. The summed E-state index contributed by atoms with van der Waals surface area (Å²) >= 11 is 0. The predicted octanol–water partition coefficient (Wildman–Crippen LogP) is 2.21. The first-order chi connectivity index (χ1) is 8.66. The zero-order chi connectivity index (χ0) is 12.7. The normalized spacial score (nSPS) is 10.9. The van der Waals surface area contributed by atoms with E-state index in [0.717, 1.165) is 11.2 Å². The highest BCUT2D eigenvalue weighted by molar-refractivity contribution is 5.90. The van der Waals surface area contributed by atoms with Gasteiger partial charge in [-0.2, -0.15) is 0 Å². The van der Waals surface area contributed by atoms with Gasteiger partial charge >= 0.3 is 0 Å². The van der Waals surface area contributed by atoms with E-state index in [9.17, 15) is 4.79 Å². The molecule has 1 heterocycles. The Hall–Kier alpha value is -2.49. The van der Waals surface area contributed by atoms with Gasteiger partial charge in [0.25, 0.3) is 5.56 Å². The van der Waals surface area contributed by atoms with E-state index in [-0.39, 0.29) is 5.56 Å². The van der Waals surface area contributed by atoms with E-state index in [2.05, 4.69) is 5.10 Å². The average Bonchev–Trinajstić information content (AvgIpc) is 2.69. The van der Waals surface area contributed by atoms with E-state index in [0.29, 0.717) is 11.1 Å². The molecule has 0 spiro atoms. The van der Waals surface area contributed by atoms with Gasteiger partial charge in [-0.3, -0.25) is 14.6 Å². The van der Waals surface area contributed by atoms with Crippen molar-refractivity contribution in [2.24, 2.45) is 0 Å². The Morgan fingerprint density at radius 3 is 2.56 bits per heavy atom. The van der Waals surface area contributed by atoms with Gasteiger partial charge in [0.05, 0.1) is 16.6 Å². The van der Waals surface area contributed by atoms with Crippen LogP contribution in [0.4, 0.5) is 5.69 Å². The maximum absolute atomic E-state index is 11.9. The van der Waals surface area contributed by atoms with Crippen molar-refractivity contribution in [2.45, 2.75) is 6.92 Å². The van der Waals surface area contributed by atoms with Crippen molar-refractivity contribution in [2.75, 3.05) is 5.73 Å². The fourth-order valence-electron chi connectivity index (χ4n) is 2.11. The molecule has 0 fully saturated rings. The molecule has 3 rings (SSSR count). The maximum Gasteiger partial charge on any atom is 0.274 e. The number of anilines is 1. The molecule has 3 N–H and O–H groups in total. The molecule has 4 heteroatoms. The van der Waals surface area contributed by atoms with Gasteiger partial charge in [0.1, 0.15) is 0 Å². The van der Waals surface area contributed by atoms with Gasteiger partial charge in [-0.25, -0.2) is 0 Å². The molecule has 0 saturated carbocycles. The van der Waals surface area contributed by atoms with E-state index < -0.39 is 0 Å². The fourth-order valence-corrected chi connectivity index (χ4v) is 2.11. The highest BCUT2D eigenvalue weighted by atomic mass is 16.1. The second-order valence-electron chi connectivity index (χ2n) is 4.35. The van der Waals surface area contributed by atoms with Gasteiger partial charge in [0.15, 0.2) is 0 Å². The molecule has 0 bridgehead atoms. The van der Waals surface area contributed by atoms with Crippen LogP contribution in [0.15, 0.2) is 47.3 Å². The summed E-state index contributed by atoms with van der Waals surface area (Å²) < 4.78 is 1.76. The summed E-state index contributed by atoms with van der Waals surface area (Å²) in [4.78, 5) is 11.9.